The van der Waals surface area contributed by atoms with Crippen LogP contribution in [0, 0.1) is 0 Å². The molecule has 2 heterocycles. The molecule has 0 fully saturated rings. The van der Waals surface area contributed by atoms with Gasteiger partial charge in [0.25, 0.3) is 0 Å². The van der Waals surface area contributed by atoms with E-state index in [1.165, 1.54) is 10.6 Å². The lowest BCUT2D eigenvalue weighted by Crippen LogP contribution is -2.26. The molecular formula is C14H21N3O3S. The molecule has 6 nitrogen and oxygen atoms in total. The Morgan fingerprint density at radius 3 is 2.81 bits per heavy atom. The summed E-state index contributed by atoms with van der Waals surface area (Å²) in [6, 6.07) is 5.21. The molecule has 0 amide bonds. The van der Waals surface area contributed by atoms with Crippen molar-refractivity contribution >= 4 is 10.0 Å². The summed E-state index contributed by atoms with van der Waals surface area (Å²) < 4.78 is 33.4. The molecule has 0 radical (unpaired) electrons. The normalized spacial score (nSPS) is 12.2. The number of hydrogen-bond donors (Lipinski definition) is 1. The third kappa shape index (κ3) is 3.55. The summed E-state index contributed by atoms with van der Waals surface area (Å²) in [7, 11) is -0.121. The molecule has 0 unspecified atom stereocenters. The number of nitrogens with zero attached hydrogens (tertiary/aromatic N) is 2. The van der Waals surface area contributed by atoms with Gasteiger partial charge in [-0.2, -0.15) is 4.31 Å². The van der Waals surface area contributed by atoms with E-state index in [0.717, 1.165) is 12.2 Å². The average molecular weight is 311 g/mol. The monoisotopic (exact) mass is 311 g/mol. The molecule has 0 bridgehead atoms. The van der Waals surface area contributed by atoms with Crippen LogP contribution in [-0.4, -0.2) is 30.9 Å². The largest absolute Gasteiger partial charge is 0.468 e. The maximum absolute atomic E-state index is 12.5. The summed E-state index contributed by atoms with van der Waals surface area (Å²) in [5, 5.41) is 3.19. The zero-order chi connectivity index (χ0) is 15.5. The zero-order valence-corrected chi connectivity index (χ0v) is 13.4. The molecule has 1 N–H and O–H groups in total. The molecular weight excluding hydrogens is 290 g/mol. The third-order valence-corrected chi connectivity index (χ3v) is 5.07. The minimum absolute atomic E-state index is 0.215. The van der Waals surface area contributed by atoms with Gasteiger partial charge in [-0.15, -0.1) is 0 Å². The van der Waals surface area contributed by atoms with E-state index in [4.69, 9.17) is 4.42 Å². The summed E-state index contributed by atoms with van der Waals surface area (Å²) in [5.74, 6) is 0.616. The summed E-state index contributed by atoms with van der Waals surface area (Å²) in [6.07, 6.45) is 3.17. The van der Waals surface area contributed by atoms with E-state index >= 15 is 0 Å². The molecule has 0 spiro atoms. The van der Waals surface area contributed by atoms with Gasteiger partial charge in [0.1, 0.15) is 10.7 Å². The first-order valence-electron chi connectivity index (χ1n) is 6.80. The Kier molecular flexibility index (Phi) is 4.87. The smallest absolute Gasteiger partial charge is 0.244 e. The summed E-state index contributed by atoms with van der Waals surface area (Å²) >= 11 is 0. The van der Waals surface area contributed by atoms with Crippen LogP contribution in [0.4, 0.5) is 0 Å². The van der Waals surface area contributed by atoms with Crippen molar-refractivity contribution in [1.29, 1.82) is 0 Å². The predicted molar refractivity (Wildman–Crippen MR) is 80.2 cm³/mol. The lowest BCUT2D eigenvalue weighted by atomic mass is 10.4. The van der Waals surface area contributed by atoms with Crippen LogP contribution in [0.5, 0.6) is 0 Å². The fourth-order valence-electron chi connectivity index (χ4n) is 2.03. The van der Waals surface area contributed by atoms with Gasteiger partial charge in [-0.3, -0.25) is 0 Å². The first-order chi connectivity index (χ1) is 9.95. The number of furan rings is 1. The van der Waals surface area contributed by atoms with E-state index < -0.39 is 10.0 Å². The highest BCUT2D eigenvalue weighted by Crippen LogP contribution is 2.19. The molecule has 0 aliphatic rings. The van der Waals surface area contributed by atoms with Crippen LogP contribution >= 0.6 is 0 Å². The average Bonchev–Trinajstić information content (AvgIpc) is 3.06. The van der Waals surface area contributed by atoms with Gasteiger partial charge in [-0.1, -0.05) is 6.92 Å². The summed E-state index contributed by atoms with van der Waals surface area (Å²) in [6.45, 7) is 3.71. The lowest BCUT2D eigenvalue weighted by molar-refractivity contribution is 0.406. The third-order valence-electron chi connectivity index (χ3n) is 3.31. The van der Waals surface area contributed by atoms with Crippen molar-refractivity contribution in [2.24, 2.45) is 7.05 Å². The molecule has 2 aromatic heterocycles. The van der Waals surface area contributed by atoms with E-state index in [1.54, 1.807) is 31.4 Å². The number of aryl methyl sites for hydroxylation is 1. The van der Waals surface area contributed by atoms with Gasteiger partial charge in [-0.05, 0) is 24.7 Å². The fourth-order valence-corrected chi connectivity index (χ4v) is 3.27. The van der Waals surface area contributed by atoms with Crippen molar-refractivity contribution in [1.82, 2.24) is 14.2 Å². The van der Waals surface area contributed by atoms with Gasteiger partial charge in [0.05, 0.1) is 12.8 Å². The van der Waals surface area contributed by atoms with Gasteiger partial charge in [0.15, 0.2) is 0 Å². The second-order valence-electron chi connectivity index (χ2n) is 4.90. The van der Waals surface area contributed by atoms with Gasteiger partial charge >= 0.3 is 0 Å². The van der Waals surface area contributed by atoms with E-state index in [1.807, 2.05) is 18.5 Å². The second kappa shape index (κ2) is 6.46. The Bertz CT molecular complexity index is 674. The number of rotatable bonds is 7. The Morgan fingerprint density at radius 1 is 1.43 bits per heavy atom. The van der Waals surface area contributed by atoms with Crippen LogP contribution in [0.3, 0.4) is 0 Å². The van der Waals surface area contributed by atoms with Crippen LogP contribution < -0.4 is 5.32 Å². The van der Waals surface area contributed by atoms with Gasteiger partial charge in [-0.25, -0.2) is 8.42 Å². The van der Waals surface area contributed by atoms with Crippen LogP contribution in [0.15, 0.2) is 40.0 Å². The Morgan fingerprint density at radius 2 is 2.19 bits per heavy atom. The molecule has 0 aliphatic heterocycles. The van der Waals surface area contributed by atoms with E-state index in [9.17, 15) is 8.42 Å². The van der Waals surface area contributed by atoms with E-state index in [2.05, 4.69) is 5.32 Å². The van der Waals surface area contributed by atoms with Crippen molar-refractivity contribution in [2.75, 3.05) is 13.6 Å². The first-order valence-corrected chi connectivity index (χ1v) is 8.24. The van der Waals surface area contributed by atoms with Crippen LogP contribution in [-0.2, 0) is 30.2 Å². The first kappa shape index (κ1) is 15.8. The van der Waals surface area contributed by atoms with E-state index in [0.29, 0.717) is 17.2 Å². The molecule has 0 aromatic carbocycles. The molecule has 2 aromatic rings. The predicted octanol–water partition coefficient (Wildman–Crippen LogP) is 1.55. The van der Waals surface area contributed by atoms with Crippen molar-refractivity contribution in [3.63, 3.8) is 0 Å². The highest BCUT2D eigenvalue weighted by molar-refractivity contribution is 7.89. The fraction of sp³-hybridized carbons (Fsp3) is 0.429. The quantitative estimate of drug-likeness (QED) is 0.842. The Balaban J connectivity index is 2.18. The van der Waals surface area contributed by atoms with Gasteiger partial charge in [0, 0.05) is 32.5 Å². The maximum Gasteiger partial charge on any atom is 0.244 e. The standard InChI is InChI=1S/C14H21N3O3S/c1-4-15-9-12-8-14(11-16(12)2)21(18,19)17(3)10-13-6-5-7-20-13/h5-8,11,15H,4,9-10H2,1-3H3. The molecule has 21 heavy (non-hydrogen) atoms. The van der Waals surface area contributed by atoms with E-state index in [-0.39, 0.29) is 6.54 Å². The zero-order valence-electron chi connectivity index (χ0n) is 12.5. The lowest BCUT2D eigenvalue weighted by Gasteiger charge is -2.14. The van der Waals surface area contributed by atoms with Crippen molar-refractivity contribution < 1.29 is 12.8 Å². The Hall–Kier alpha value is -1.57. The SMILES string of the molecule is CCNCc1cc(S(=O)(=O)N(C)Cc2ccco2)cn1C. The minimum Gasteiger partial charge on any atom is -0.468 e. The highest BCUT2D eigenvalue weighted by atomic mass is 32.2. The highest BCUT2D eigenvalue weighted by Gasteiger charge is 2.23. The van der Waals surface area contributed by atoms with Crippen LogP contribution in [0.2, 0.25) is 0 Å². The molecule has 116 valence electrons. The Labute approximate surface area is 125 Å². The minimum atomic E-state index is -3.52. The maximum atomic E-state index is 12.5. The molecule has 2 rings (SSSR count). The molecule has 0 saturated carbocycles. The van der Waals surface area contributed by atoms with Gasteiger partial charge < -0.3 is 14.3 Å². The number of hydrogen-bond acceptors (Lipinski definition) is 4. The number of aromatic nitrogens is 1. The number of nitrogens with one attached hydrogen (secondary N) is 1. The molecule has 0 aliphatic carbocycles. The van der Waals surface area contributed by atoms with Crippen molar-refractivity contribution in [3.8, 4) is 0 Å². The van der Waals surface area contributed by atoms with Crippen molar-refractivity contribution in [2.45, 2.75) is 24.9 Å². The summed E-state index contributed by atoms with van der Waals surface area (Å²) in [4.78, 5) is 0.298. The molecule has 0 atom stereocenters. The topological polar surface area (TPSA) is 67.5 Å². The molecule has 7 heteroatoms. The van der Waals surface area contributed by atoms with Crippen LogP contribution in [0.25, 0.3) is 0 Å². The van der Waals surface area contributed by atoms with Crippen LogP contribution in [0.1, 0.15) is 18.4 Å². The summed E-state index contributed by atoms with van der Waals surface area (Å²) in [5.41, 5.74) is 0.932. The van der Waals surface area contributed by atoms with Crippen molar-refractivity contribution in [3.05, 3.63) is 42.1 Å². The number of sulfonamides is 1. The molecule has 0 saturated heterocycles. The van der Waals surface area contributed by atoms with Gasteiger partial charge in [0.2, 0.25) is 10.0 Å². The second-order valence-corrected chi connectivity index (χ2v) is 6.94.